The highest BCUT2D eigenvalue weighted by molar-refractivity contribution is 6.78. The predicted molar refractivity (Wildman–Crippen MR) is 111 cm³/mol. The molecular formula is C21H32N2O3Si. The van der Waals surface area contributed by atoms with Crippen LogP contribution in [0.5, 0.6) is 0 Å². The molecule has 0 saturated carbocycles. The Balaban J connectivity index is 3.06. The first-order valence-electron chi connectivity index (χ1n) is 9.49. The maximum absolute atomic E-state index is 12.5. The lowest BCUT2D eigenvalue weighted by atomic mass is 10.2. The third kappa shape index (κ3) is 5.41. The highest BCUT2D eigenvalue weighted by atomic mass is 28.4. The van der Waals surface area contributed by atoms with Gasteiger partial charge in [-0.1, -0.05) is 71.9 Å². The summed E-state index contributed by atoms with van der Waals surface area (Å²) in [6, 6.07) is 9.37. The van der Waals surface area contributed by atoms with Gasteiger partial charge in [-0.05, 0) is 35.2 Å². The summed E-state index contributed by atoms with van der Waals surface area (Å²) in [6.07, 6.45) is 1.67. The fraction of sp³-hybridized carbons (Fsp3) is 0.524. The predicted octanol–water partition coefficient (Wildman–Crippen LogP) is 5.50. The van der Waals surface area contributed by atoms with Crippen LogP contribution in [0.4, 0.5) is 0 Å². The zero-order valence-electron chi connectivity index (χ0n) is 17.5. The zero-order valence-corrected chi connectivity index (χ0v) is 18.5. The Labute approximate surface area is 164 Å². The normalized spacial score (nSPS) is 12.3. The van der Waals surface area contributed by atoms with Gasteiger partial charge in [-0.3, -0.25) is 0 Å². The third-order valence-electron chi connectivity index (χ3n) is 5.00. The molecule has 0 atom stereocenters. The van der Waals surface area contributed by atoms with Gasteiger partial charge in [0.1, 0.15) is 6.61 Å². The number of hydrogen-bond donors (Lipinski definition) is 0. The molecule has 1 aromatic rings. The SMILES string of the molecule is C/C=C(\O[Si](C(C)C)(C(C)C)C(C)C)C(=[N+]=[N-])C(=O)OCc1ccccc1. The summed E-state index contributed by atoms with van der Waals surface area (Å²) in [5.74, 6) is -0.410. The lowest BCUT2D eigenvalue weighted by Crippen LogP contribution is -2.48. The largest absolute Gasteiger partial charge is 0.537 e. The van der Waals surface area contributed by atoms with Crippen molar-refractivity contribution in [1.82, 2.24) is 0 Å². The lowest BCUT2D eigenvalue weighted by Gasteiger charge is -2.42. The van der Waals surface area contributed by atoms with Crippen LogP contribution in [-0.2, 0) is 20.6 Å². The molecule has 0 heterocycles. The van der Waals surface area contributed by atoms with Crippen molar-refractivity contribution in [3.8, 4) is 0 Å². The smallest absolute Gasteiger partial charge is 0.438 e. The molecule has 27 heavy (non-hydrogen) atoms. The number of carbonyl (C=O) groups is 1. The van der Waals surface area contributed by atoms with Gasteiger partial charge in [-0.2, -0.15) is 4.79 Å². The fourth-order valence-corrected chi connectivity index (χ4v) is 9.07. The van der Waals surface area contributed by atoms with Crippen LogP contribution in [0.25, 0.3) is 5.53 Å². The number of ether oxygens (including phenoxy) is 1. The van der Waals surface area contributed by atoms with Gasteiger partial charge >= 0.3 is 11.7 Å². The van der Waals surface area contributed by atoms with Crippen LogP contribution in [0.3, 0.4) is 0 Å². The summed E-state index contributed by atoms with van der Waals surface area (Å²) >= 11 is 0. The van der Waals surface area contributed by atoms with Crippen molar-refractivity contribution in [1.29, 1.82) is 0 Å². The Kier molecular flexibility index (Phi) is 8.67. The van der Waals surface area contributed by atoms with Gasteiger partial charge < -0.3 is 14.7 Å². The summed E-state index contributed by atoms with van der Waals surface area (Å²) in [7, 11) is -2.29. The van der Waals surface area contributed by atoms with E-state index >= 15 is 0 Å². The number of nitrogens with zero attached hydrogens (tertiary/aromatic N) is 2. The van der Waals surface area contributed by atoms with Crippen LogP contribution in [0.2, 0.25) is 16.6 Å². The second kappa shape index (κ2) is 10.2. The Morgan fingerprint density at radius 1 is 1.07 bits per heavy atom. The molecule has 1 aromatic carbocycles. The molecular weight excluding hydrogens is 356 g/mol. The van der Waals surface area contributed by atoms with Crippen molar-refractivity contribution in [2.24, 2.45) is 0 Å². The number of benzene rings is 1. The maximum Gasteiger partial charge on any atom is 0.438 e. The molecule has 0 amide bonds. The molecule has 1 rings (SSSR count). The van der Waals surface area contributed by atoms with Gasteiger partial charge in [0.25, 0.3) is 8.32 Å². The topological polar surface area (TPSA) is 71.9 Å². The first-order valence-corrected chi connectivity index (χ1v) is 11.6. The van der Waals surface area contributed by atoms with Crippen molar-refractivity contribution in [2.45, 2.75) is 71.7 Å². The van der Waals surface area contributed by atoms with E-state index in [0.717, 1.165) is 5.56 Å². The average molecular weight is 389 g/mol. The molecule has 148 valence electrons. The van der Waals surface area contributed by atoms with Crippen LogP contribution in [0.15, 0.2) is 42.2 Å². The summed E-state index contributed by atoms with van der Waals surface area (Å²) in [6.45, 7) is 14.8. The van der Waals surface area contributed by atoms with Gasteiger partial charge in [0, 0.05) is 0 Å². The number of carbonyl (C=O) groups excluding carboxylic acids is 1. The van der Waals surface area contributed by atoms with Gasteiger partial charge in [0.15, 0.2) is 5.76 Å². The standard InChI is InChI=1S/C21H32N2O3Si/c1-8-19(26-27(15(2)3,16(4)5)17(6)7)20(23-22)21(24)25-14-18-12-10-9-11-13-18/h8-13,15-17H,14H2,1-7H3/b19-8-. The first kappa shape index (κ1) is 22.9. The summed E-state index contributed by atoms with van der Waals surface area (Å²) in [5, 5.41) is 0. The fourth-order valence-electron chi connectivity index (χ4n) is 3.77. The van der Waals surface area contributed by atoms with Crippen molar-refractivity contribution in [3.63, 3.8) is 0 Å². The monoisotopic (exact) mass is 388 g/mol. The molecule has 0 aliphatic heterocycles. The van der Waals surface area contributed by atoms with E-state index in [9.17, 15) is 10.3 Å². The Hall–Kier alpha value is -2.17. The van der Waals surface area contributed by atoms with E-state index < -0.39 is 14.3 Å². The van der Waals surface area contributed by atoms with Crippen LogP contribution < -0.4 is 0 Å². The molecule has 0 aliphatic carbocycles. The van der Waals surface area contributed by atoms with Crippen LogP contribution in [0, 0.1) is 0 Å². The summed E-state index contributed by atoms with van der Waals surface area (Å²) in [4.78, 5) is 15.7. The Morgan fingerprint density at radius 3 is 2.00 bits per heavy atom. The molecule has 0 fully saturated rings. The molecule has 0 saturated heterocycles. The van der Waals surface area contributed by atoms with E-state index in [-0.39, 0.29) is 12.3 Å². The van der Waals surface area contributed by atoms with Crippen molar-refractivity contribution in [3.05, 3.63) is 53.3 Å². The minimum absolute atomic E-state index is 0.108. The van der Waals surface area contributed by atoms with Gasteiger partial charge in [0.05, 0.1) is 0 Å². The molecule has 5 nitrogen and oxygen atoms in total. The van der Waals surface area contributed by atoms with Crippen molar-refractivity contribution < 1.29 is 18.7 Å². The highest BCUT2D eigenvalue weighted by Crippen LogP contribution is 2.43. The van der Waals surface area contributed by atoms with Crippen LogP contribution in [0.1, 0.15) is 54.0 Å². The van der Waals surface area contributed by atoms with E-state index in [1.807, 2.05) is 30.3 Å². The third-order valence-corrected chi connectivity index (χ3v) is 11.0. The number of allylic oxidation sites excluding steroid dienone is 1. The molecule has 0 bridgehead atoms. The van der Waals surface area contributed by atoms with Crippen LogP contribution >= 0.6 is 0 Å². The second-order valence-corrected chi connectivity index (χ2v) is 13.0. The van der Waals surface area contributed by atoms with E-state index in [4.69, 9.17) is 9.16 Å². The number of esters is 1. The van der Waals surface area contributed by atoms with E-state index in [1.54, 1.807) is 13.0 Å². The maximum atomic E-state index is 12.5. The van der Waals surface area contributed by atoms with E-state index in [1.165, 1.54) is 0 Å². The quantitative estimate of drug-likeness (QED) is 0.140. The molecule has 0 N–H and O–H groups in total. The van der Waals surface area contributed by atoms with Crippen molar-refractivity contribution in [2.75, 3.05) is 0 Å². The van der Waals surface area contributed by atoms with Gasteiger partial charge in [-0.15, -0.1) is 0 Å². The molecule has 0 aromatic heterocycles. The summed E-state index contributed by atoms with van der Waals surface area (Å²) < 4.78 is 11.8. The van der Waals surface area contributed by atoms with E-state index in [2.05, 4.69) is 46.3 Å². The minimum atomic E-state index is -2.29. The average Bonchev–Trinajstić information content (AvgIpc) is 2.63. The molecule has 0 radical (unpaired) electrons. The minimum Gasteiger partial charge on any atom is -0.537 e. The number of rotatable bonds is 9. The first-order chi connectivity index (χ1) is 12.7. The molecule has 0 spiro atoms. The second-order valence-electron chi connectivity index (χ2n) is 7.58. The Bertz CT molecular complexity index is 684. The number of hydrogen-bond acceptors (Lipinski definition) is 3. The van der Waals surface area contributed by atoms with Gasteiger partial charge in [-0.25, -0.2) is 4.79 Å². The molecule has 0 aliphatic rings. The molecule has 0 unspecified atom stereocenters. The van der Waals surface area contributed by atoms with Crippen LogP contribution in [-0.4, -0.2) is 24.8 Å². The lowest BCUT2D eigenvalue weighted by molar-refractivity contribution is -0.141. The Morgan fingerprint density at radius 2 is 1.59 bits per heavy atom. The van der Waals surface area contributed by atoms with E-state index in [0.29, 0.717) is 22.4 Å². The van der Waals surface area contributed by atoms with Crippen molar-refractivity contribution >= 4 is 20.0 Å². The molecule has 6 heteroatoms. The highest BCUT2D eigenvalue weighted by Gasteiger charge is 2.49. The summed E-state index contributed by atoms with van der Waals surface area (Å²) in [5.41, 5.74) is 11.1. The van der Waals surface area contributed by atoms with Gasteiger partial charge in [0.2, 0.25) is 0 Å². The zero-order chi connectivity index (χ0) is 20.6.